The second-order valence-corrected chi connectivity index (χ2v) is 9.71. The van der Waals surface area contributed by atoms with Crippen LogP contribution in [-0.4, -0.2) is 44.0 Å². The lowest BCUT2D eigenvalue weighted by Crippen LogP contribution is -2.42. The molecule has 0 aromatic heterocycles. The molecule has 7 heteroatoms. The van der Waals surface area contributed by atoms with Crippen LogP contribution < -0.4 is 5.32 Å². The molecule has 1 saturated heterocycles. The average Bonchev–Trinajstić information content (AvgIpc) is 2.92. The van der Waals surface area contributed by atoms with Crippen LogP contribution in [0, 0.1) is 11.2 Å². The third-order valence-corrected chi connectivity index (χ3v) is 7.43. The van der Waals surface area contributed by atoms with Gasteiger partial charge in [0.2, 0.25) is 15.9 Å². The Morgan fingerprint density at radius 2 is 1.84 bits per heavy atom. The topological polar surface area (TPSA) is 66.5 Å². The number of amides is 1. The number of benzene rings is 1. The molecule has 1 saturated carbocycles. The molecular formula is C18H25FN2O3S. The zero-order valence-electron chi connectivity index (χ0n) is 14.7. The zero-order chi connectivity index (χ0) is 18.3. The molecule has 3 rings (SSSR count). The van der Waals surface area contributed by atoms with Gasteiger partial charge in [0.1, 0.15) is 5.82 Å². The van der Waals surface area contributed by atoms with Gasteiger partial charge in [-0.2, -0.15) is 0 Å². The van der Waals surface area contributed by atoms with Crippen molar-refractivity contribution in [3.63, 3.8) is 0 Å². The van der Waals surface area contributed by atoms with Crippen LogP contribution in [0.3, 0.4) is 0 Å². The molecular weight excluding hydrogens is 343 g/mol. The smallest absolute Gasteiger partial charge is 0.231 e. The number of sulfonamides is 1. The van der Waals surface area contributed by atoms with Gasteiger partial charge >= 0.3 is 0 Å². The van der Waals surface area contributed by atoms with Gasteiger partial charge in [-0.25, -0.2) is 17.1 Å². The van der Waals surface area contributed by atoms with Gasteiger partial charge in [0, 0.05) is 25.2 Å². The Bertz CT molecular complexity index is 772. The summed E-state index contributed by atoms with van der Waals surface area (Å²) in [6, 6.07) is 6.32. The summed E-state index contributed by atoms with van der Waals surface area (Å²) in [5.74, 6) is -0.806. The van der Waals surface area contributed by atoms with Gasteiger partial charge in [0.25, 0.3) is 0 Å². The van der Waals surface area contributed by atoms with E-state index in [1.165, 1.54) is 10.4 Å². The highest BCUT2D eigenvalue weighted by molar-refractivity contribution is 7.89. The van der Waals surface area contributed by atoms with E-state index in [1.54, 1.807) is 18.2 Å². The van der Waals surface area contributed by atoms with Crippen molar-refractivity contribution >= 4 is 15.9 Å². The van der Waals surface area contributed by atoms with E-state index in [1.807, 2.05) is 13.8 Å². The third kappa shape index (κ3) is 3.19. The van der Waals surface area contributed by atoms with Crippen molar-refractivity contribution in [2.75, 3.05) is 25.4 Å². The Labute approximate surface area is 148 Å². The van der Waals surface area contributed by atoms with Gasteiger partial charge in [-0.3, -0.25) is 4.79 Å². The second kappa shape index (κ2) is 6.36. The summed E-state index contributed by atoms with van der Waals surface area (Å²) in [4.78, 5) is 12.8. The first-order valence-corrected chi connectivity index (χ1v) is 10.3. The number of nitrogens with one attached hydrogen (secondary N) is 1. The fourth-order valence-electron chi connectivity index (χ4n) is 3.94. The maximum atomic E-state index is 14.3. The molecule has 1 aliphatic heterocycles. The Balaban J connectivity index is 1.68. The van der Waals surface area contributed by atoms with Crippen LogP contribution >= 0.6 is 0 Å². The predicted molar refractivity (Wildman–Crippen MR) is 94.1 cm³/mol. The standard InChI is InChI=1S/C18H25FN2O3S/c1-17(2)13-18(17,14-7-3-4-8-15(14)19)16(22)20-9-12-25(23,24)21-10-5-6-11-21/h3-4,7-8H,5-6,9-13H2,1-2H3,(H,20,22)/t18-/m1/s1. The van der Waals surface area contributed by atoms with Crippen molar-refractivity contribution in [1.82, 2.24) is 9.62 Å². The van der Waals surface area contributed by atoms with E-state index in [0.29, 0.717) is 25.1 Å². The normalized spacial score (nSPS) is 25.7. The summed E-state index contributed by atoms with van der Waals surface area (Å²) >= 11 is 0. The van der Waals surface area contributed by atoms with Gasteiger partial charge in [0.15, 0.2) is 0 Å². The first-order valence-electron chi connectivity index (χ1n) is 8.72. The predicted octanol–water partition coefficient (Wildman–Crippen LogP) is 2.04. The minimum absolute atomic E-state index is 0.0456. The van der Waals surface area contributed by atoms with E-state index in [-0.39, 0.29) is 23.6 Å². The van der Waals surface area contributed by atoms with E-state index in [9.17, 15) is 17.6 Å². The minimum Gasteiger partial charge on any atom is -0.354 e. The van der Waals surface area contributed by atoms with E-state index in [2.05, 4.69) is 5.32 Å². The maximum Gasteiger partial charge on any atom is 0.231 e. The molecule has 2 fully saturated rings. The van der Waals surface area contributed by atoms with Crippen molar-refractivity contribution in [1.29, 1.82) is 0 Å². The Morgan fingerprint density at radius 3 is 2.40 bits per heavy atom. The van der Waals surface area contributed by atoms with Crippen molar-refractivity contribution < 1.29 is 17.6 Å². The highest BCUT2D eigenvalue weighted by atomic mass is 32.2. The van der Waals surface area contributed by atoms with Crippen molar-refractivity contribution in [2.24, 2.45) is 5.41 Å². The maximum absolute atomic E-state index is 14.3. The Kier molecular flexibility index (Phi) is 4.66. The van der Waals surface area contributed by atoms with Gasteiger partial charge in [0.05, 0.1) is 11.2 Å². The summed E-state index contributed by atoms with van der Waals surface area (Å²) in [7, 11) is -3.34. The van der Waals surface area contributed by atoms with Crippen LogP contribution in [0.4, 0.5) is 4.39 Å². The monoisotopic (exact) mass is 368 g/mol. The number of hydrogen-bond acceptors (Lipinski definition) is 3. The quantitative estimate of drug-likeness (QED) is 0.836. The Hall–Kier alpha value is -1.47. The summed E-state index contributed by atoms with van der Waals surface area (Å²) in [5.41, 5.74) is -0.886. The molecule has 0 spiro atoms. The zero-order valence-corrected chi connectivity index (χ0v) is 15.5. The van der Waals surface area contributed by atoms with Crippen LogP contribution in [0.15, 0.2) is 24.3 Å². The average molecular weight is 368 g/mol. The number of halogens is 1. The number of carbonyl (C=O) groups is 1. The molecule has 1 amide bonds. The largest absolute Gasteiger partial charge is 0.354 e. The SMILES string of the molecule is CC1(C)C[C@]1(C(=O)NCCS(=O)(=O)N1CCCC1)c1ccccc1F. The van der Waals surface area contributed by atoms with Crippen molar-refractivity contribution in [3.05, 3.63) is 35.6 Å². The lowest BCUT2D eigenvalue weighted by Gasteiger charge is -2.22. The molecule has 1 aliphatic carbocycles. The van der Waals surface area contributed by atoms with Crippen molar-refractivity contribution in [2.45, 2.75) is 38.5 Å². The van der Waals surface area contributed by atoms with E-state index in [0.717, 1.165) is 12.8 Å². The molecule has 25 heavy (non-hydrogen) atoms. The lowest BCUT2D eigenvalue weighted by molar-refractivity contribution is -0.124. The lowest BCUT2D eigenvalue weighted by atomic mass is 9.86. The summed E-state index contributed by atoms with van der Waals surface area (Å²) in [6.07, 6.45) is 2.32. The molecule has 1 aromatic rings. The fourth-order valence-corrected chi connectivity index (χ4v) is 5.37. The minimum atomic E-state index is -3.34. The number of nitrogens with zero attached hydrogens (tertiary/aromatic N) is 1. The van der Waals surface area contributed by atoms with Gasteiger partial charge in [-0.15, -0.1) is 0 Å². The number of hydrogen-bond donors (Lipinski definition) is 1. The molecule has 1 aromatic carbocycles. The third-order valence-electron chi connectivity index (χ3n) is 5.56. The number of rotatable bonds is 6. The molecule has 0 unspecified atom stereocenters. The van der Waals surface area contributed by atoms with Crippen LogP contribution in [-0.2, 0) is 20.2 Å². The first-order chi connectivity index (χ1) is 11.7. The van der Waals surface area contributed by atoms with Gasteiger partial charge < -0.3 is 5.32 Å². The van der Waals surface area contributed by atoms with Crippen molar-refractivity contribution in [3.8, 4) is 0 Å². The molecule has 138 valence electrons. The van der Waals surface area contributed by atoms with E-state index < -0.39 is 21.3 Å². The second-order valence-electron chi connectivity index (χ2n) is 7.62. The first kappa shape index (κ1) is 18.3. The Morgan fingerprint density at radius 1 is 1.24 bits per heavy atom. The molecule has 5 nitrogen and oxygen atoms in total. The van der Waals surface area contributed by atoms with Gasteiger partial charge in [-0.05, 0) is 30.7 Å². The number of carbonyl (C=O) groups excluding carboxylic acids is 1. The summed E-state index contributed by atoms with van der Waals surface area (Å²) in [5, 5.41) is 2.73. The van der Waals surface area contributed by atoms with Gasteiger partial charge in [-0.1, -0.05) is 32.0 Å². The molecule has 0 bridgehead atoms. The molecule has 0 radical (unpaired) electrons. The van der Waals surface area contributed by atoms with E-state index >= 15 is 0 Å². The highest BCUT2D eigenvalue weighted by Crippen LogP contribution is 2.64. The van der Waals surface area contributed by atoms with Crippen LogP contribution in [0.5, 0.6) is 0 Å². The van der Waals surface area contributed by atoms with Crippen LogP contribution in [0.1, 0.15) is 38.7 Å². The van der Waals surface area contributed by atoms with Crippen LogP contribution in [0.25, 0.3) is 0 Å². The summed E-state index contributed by atoms with van der Waals surface area (Å²) < 4.78 is 40.2. The summed E-state index contributed by atoms with van der Waals surface area (Å²) in [6.45, 7) is 5.02. The molecule has 1 atom stereocenters. The fraction of sp³-hybridized carbons (Fsp3) is 0.611. The molecule has 1 N–H and O–H groups in total. The van der Waals surface area contributed by atoms with Crippen LogP contribution in [0.2, 0.25) is 0 Å². The molecule has 2 aliphatic rings. The van der Waals surface area contributed by atoms with E-state index in [4.69, 9.17) is 0 Å². The highest BCUT2D eigenvalue weighted by Gasteiger charge is 2.67. The molecule has 1 heterocycles.